The van der Waals surface area contributed by atoms with E-state index in [1.165, 1.54) is 74.3 Å². The molecule has 4 aliphatic carbocycles. The normalized spacial score (nSPS) is 19.4. The van der Waals surface area contributed by atoms with E-state index in [-0.39, 0.29) is 41.6 Å². The molecule has 1 unspecified atom stereocenters. The predicted molar refractivity (Wildman–Crippen MR) is 222 cm³/mol. The van der Waals surface area contributed by atoms with Gasteiger partial charge in [0, 0.05) is 0 Å². The summed E-state index contributed by atoms with van der Waals surface area (Å²) in [6, 6.07) is 27.3. The van der Waals surface area contributed by atoms with Gasteiger partial charge >= 0.3 is 300 Å². The minimum atomic E-state index is -5.05. The van der Waals surface area contributed by atoms with Crippen LogP contribution in [0.25, 0.3) is 22.3 Å². The number of allylic oxidation sites excluding steroid dienone is 8. The molecule has 0 fully saturated rings. The van der Waals surface area contributed by atoms with E-state index in [9.17, 15) is 0 Å². The third-order valence-corrected chi connectivity index (χ3v) is 30.5. The Morgan fingerprint density at radius 3 is 1.78 bits per heavy atom. The van der Waals surface area contributed by atoms with Gasteiger partial charge in [0.2, 0.25) is 0 Å². The molecular formula is C45H46Cl4Zr. The molecule has 0 nitrogen and oxygen atoms in total. The maximum atomic E-state index is 6.92. The van der Waals surface area contributed by atoms with Crippen molar-refractivity contribution in [3.05, 3.63) is 147 Å². The molecule has 50 heavy (non-hydrogen) atoms. The summed E-state index contributed by atoms with van der Waals surface area (Å²) in [4.78, 5) is 0. The van der Waals surface area contributed by atoms with E-state index < -0.39 is 18.3 Å². The van der Waals surface area contributed by atoms with Crippen LogP contribution >= 0.6 is 48.0 Å². The van der Waals surface area contributed by atoms with Crippen LogP contribution < -0.4 is 6.54 Å². The molecular weight excluding hydrogens is 774 g/mol. The van der Waals surface area contributed by atoms with Crippen LogP contribution in [0.2, 0.25) is 10.0 Å². The quantitative estimate of drug-likeness (QED) is 0.169. The van der Waals surface area contributed by atoms with Gasteiger partial charge in [0.1, 0.15) is 0 Å². The van der Waals surface area contributed by atoms with Gasteiger partial charge in [-0.05, 0) is 0 Å². The van der Waals surface area contributed by atoms with E-state index >= 15 is 0 Å². The second kappa shape index (κ2) is 12.1. The van der Waals surface area contributed by atoms with Crippen LogP contribution in [0.5, 0.6) is 0 Å². The number of halogens is 4. The molecule has 0 heterocycles. The second-order valence-corrected chi connectivity index (χ2v) is 29.8. The van der Waals surface area contributed by atoms with Crippen LogP contribution in [0.3, 0.4) is 0 Å². The van der Waals surface area contributed by atoms with Gasteiger partial charge in [-0.15, -0.1) is 24.8 Å². The molecule has 0 aromatic heterocycles. The van der Waals surface area contributed by atoms with Crippen molar-refractivity contribution in [1.29, 1.82) is 0 Å². The first-order valence-corrected chi connectivity index (χ1v) is 24.7. The standard InChI is InChI=1S/C25H25.C7H9.2C6H4Cl.CH2.2ClH.Zr/c1-14-12-24(3,4)22-8-16-7-17-9-23-19(15(2)13-25(23,5)6)11-21(17)20(16)10-18(14)22;1-6-3-4-7(2)5-6;2*7-6-4-2-1-3-5-6;;;;/h8-12H,7H2,1-6H3;3,5,7H,1-2H3;2*1-2,4-5H;1H2;2*1H;. The van der Waals surface area contributed by atoms with Crippen molar-refractivity contribution in [2.45, 2.75) is 72.6 Å². The van der Waals surface area contributed by atoms with E-state index in [0.29, 0.717) is 0 Å². The zero-order valence-electron chi connectivity index (χ0n) is 30.2. The molecule has 4 aromatic rings. The van der Waals surface area contributed by atoms with Crippen LogP contribution in [0.15, 0.2) is 103 Å². The van der Waals surface area contributed by atoms with Crippen LogP contribution in [-0.4, -0.2) is 4.21 Å². The number of fused-ring (bicyclic) bond motifs is 5. The topological polar surface area (TPSA) is 0 Å². The third kappa shape index (κ3) is 4.90. The molecule has 5 heteroatoms. The zero-order chi connectivity index (χ0) is 34.2. The Bertz CT molecular complexity index is 2290. The van der Waals surface area contributed by atoms with Gasteiger partial charge in [0.05, 0.1) is 0 Å². The fourth-order valence-corrected chi connectivity index (χ4v) is 30.8. The van der Waals surface area contributed by atoms with E-state index in [1.807, 2.05) is 12.1 Å². The summed E-state index contributed by atoms with van der Waals surface area (Å²) in [5.74, 6) is 0.241. The van der Waals surface area contributed by atoms with Gasteiger partial charge in [0.15, 0.2) is 0 Å². The van der Waals surface area contributed by atoms with Crippen molar-refractivity contribution in [1.82, 2.24) is 0 Å². The molecule has 4 aromatic carbocycles. The molecule has 0 aliphatic heterocycles. The molecule has 0 bridgehead atoms. The Kier molecular flexibility index (Phi) is 9.11. The average Bonchev–Trinajstić information content (AvgIpc) is 3.68. The van der Waals surface area contributed by atoms with Crippen LogP contribution in [0.1, 0.15) is 88.8 Å². The van der Waals surface area contributed by atoms with Crippen molar-refractivity contribution in [3.63, 3.8) is 0 Å². The summed E-state index contributed by atoms with van der Waals surface area (Å²) in [6.45, 7) is 18.8. The van der Waals surface area contributed by atoms with Gasteiger partial charge < -0.3 is 0 Å². The first-order valence-electron chi connectivity index (χ1n) is 17.3. The summed E-state index contributed by atoms with van der Waals surface area (Å²) in [5, 5.41) is 1.49. The maximum absolute atomic E-state index is 6.92. The Labute approximate surface area is 321 Å². The molecule has 258 valence electrons. The molecule has 0 spiro atoms. The summed E-state index contributed by atoms with van der Waals surface area (Å²) in [5.41, 5.74) is 15.1. The third-order valence-electron chi connectivity index (χ3n) is 12.4. The van der Waals surface area contributed by atoms with E-state index in [0.717, 1.165) is 16.5 Å². The van der Waals surface area contributed by atoms with E-state index in [4.69, 9.17) is 27.4 Å². The zero-order valence-corrected chi connectivity index (χ0v) is 35.8. The first kappa shape index (κ1) is 37.5. The number of benzene rings is 4. The summed E-state index contributed by atoms with van der Waals surface area (Å²) in [6.07, 6.45) is 8.27. The molecule has 0 amide bonds. The van der Waals surface area contributed by atoms with Crippen molar-refractivity contribution in [2.75, 3.05) is 0 Å². The van der Waals surface area contributed by atoms with Crippen molar-refractivity contribution in [3.8, 4) is 11.1 Å². The molecule has 8 rings (SSSR count). The van der Waals surface area contributed by atoms with Gasteiger partial charge in [-0.3, -0.25) is 0 Å². The Hall–Kier alpha value is -2.25. The molecule has 1 atom stereocenters. The number of hydrogen-bond donors (Lipinski definition) is 0. The first-order chi connectivity index (χ1) is 22.6. The number of rotatable bonds is 4. The predicted octanol–water partition coefficient (Wildman–Crippen LogP) is 12.4. The fraction of sp³-hybridized carbons (Fsp3) is 0.267. The van der Waals surface area contributed by atoms with Gasteiger partial charge in [-0.2, -0.15) is 0 Å². The Balaban J connectivity index is 0.00000216. The monoisotopic (exact) mass is 816 g/mol. The number of hydrogen-bond acceptors (Lipinski definition) is 0. The van der Waals surface area contributed by atoms with Crippen molar-refractivity contribution in [2.24, 2.45) is 5.92 Å². The van der Waals surface area contributed by atoms with Crippen LogP contribution in [0.4, 0.5) is 0 Å². The molecule has 4 aliphatic rings. The summed E-state index contributed by atoms with van der Waals surface area (Å²) in [7, 11) is 0. The van der Waals surface area contributed by atoms with Crippen molar-refractivity contribution < 1.29 is 18.3 Å². The minimum absolute atomic E-state index is 0. The van der Waals surface area contributed by atoms with Gasteiger partial charge in [0.25, 0.3) is 0 Å². The SMILES string of the molecule is Cl.Cl.[CH2]=[Zr]([C]1=CC(C)=CC1C)([C]1=C(C)c2cc3c(cc2C1(C)C)Cc1cc2c(cc1-3)C(C)=CC2(C)C)([c]1cccc(Cl)c1)[c]1cccc(Cl)c1. The molecule has 0 saturated carbocycles. The molecule has 0 N–H and O–H groups in total. The van der Waals surface area contributed by atoms with Crippen LogP contribution in [0, 0.1) is 5.92 Å². The van der Waals surface area contributed by atoms with Gasteiger partial charge in [-0.25, -0.2) is 0 Å². The summed E-state index contributed by atoms with van der Waals surface area (Å²) < 4.78 is 11.2. The van der Waals surface area contributed by atoms with E-state index in [1.54, 1.807) is 0 Å². The Morgan fingerprint density at radius 2 is 1.26 bits per heavy atom. The second-order valence-electron chi connectivity index (χ2n) is 16.2. The average molecular weight is 820 g/mol. The fourth-order valence-electron chi connectivity index (χ4n) is 10.7. The Morgan fingerprint density at radius 1 is 0.720 bits per heavy atom. The summed E-state index contributed by atoms with van der Waals surface area (Å²) >= 11 is 8.78. The molecule has 0 saturated heterocycles. The van der Waals surface area contributed by atoms with Crippen LogP contribution in [-0.2, 0) is 35.5 Å². The van der Waals surface area contributed by atoms with Gasteiger partial charge in [-0.1, -0.05) is 0 Å². The van der Waals surface area contributed by atoms with Crippen molar-refractivity contribution >= 4 is 69.9 Å². The van der Waals surface area contributed by atoms with E-state index in [2.05, 4.69) is 134 Å². The molecule has 0 radical (unpaired) electrons.